The van der Waals surface area contributed by atoms with Crippen LogP contribution in [0.25, 0.3) is 0 Å². The topological polar surface area (TPSA) is 634 Å². The molecule has 0 rings (SSSR count). The lowest BCUT2D eigenvalue weighted by Gasteiger charge is -2.28. The van der Waals surface area contributed by atoms with E-state index in [1.807, 2.05) is 55.4 Å². The molecule has 36 nitrogen and oxygen atoms in total. The summed E-state index contributed by atoms with van der Waals surface area (Å²) in [7, 11) is 0. The minimum Gasteiger partial charge on any atom is -0.481 e. The third kappa shape index (κ3) is 55.3. The van der Waals surface area contributed by atoms with Crippen molar-refractivity contribution in [2.24, 2.45) is 91.7 Å². The smallest absolute Gasteiger partial charge is 0.305 e. The van der Waals surface area contributed by atoms with Crippen molar-refractivity contribution in [2.45, 2.75) is 343 Å². The number of hydrogen-bond donors (Lipinski definition) is 19. The number of amides is 9. The number of carboxylic acid groups (broad SMARTS) is 1. The standard InChI is InChI=1S/C45H81N9O11.C39H73N7O9/c1-25(2)18-32(23-37(59)34(20-27(5)6)53-42(63)30(21-28(7)56)13-11-17-50-45(48)49)44(65)54-40(29(8)57)38(60)22-31(12-9-10-16-46)43(64)52-33(19-26(3)4)36(58)14-15-39(61)51-35(24-55)41(47)62;1-5-6-7-8-9-10-11-12-13-14-15-16-17-20-34(50)44-30(19-18-21-42-39(40)41)33(49)23-29(26-48)36(53)45-32(24-35(51)52)38(55)46-31(22-27(2)3)37(54)43-28(4)25-47/h25-27,29-35,40,55,57H,9-24,46H2,1-8H3,(H2,47,62)(H,51,61)(H,52,64)(H,53,63)(H,54,65)(H4,48,49,50);27-32,47-48H,5-26H2,1-4H3,(H,43,54)(H,44,50)(H,45,53)(H,46,55)(H,51,52)(H4,40,41,42)/t29-,30-,31-,32-,33+,34+,35+,40+;28-,29+,30+,31+,32+/m11/s1. The number of aliphatic hydroxyl groups excluding tert-OH is 4. The van der Waals surface area contributed by atoms with Crippen LogP contribution in [-0.2, 0) is 71.9 Å². The van der Waals surface area contributed by atoms with Gasteiger partial charge in [0.05, 0.1) is 56.4 Å². The zero-order chi connectivity index (χ0) is 91.6. The van der Waals surface area contributed by atoms with E-state index in [4.69, 9.17) is 34.4 Å². The number of hydrogen-bond acceptors (Lipinski definition) is 22. The molecule has 0 aliphatic carbocycles. The van der Waals surface area contributed by atoms with E-state index in [9.17, 15) is 97.5 Å². The number of nitrogens with one attached hydrogen (secondary N) is 8. The van der Waals surface area contributed by atoms with Crippen LogP contribution in [0.1, 0.15) is 289 Å². The Balaban J connectivity index is 0. The summed E-state index contributed by atoms with van der Waals surface area (Å²) in [6.45, 7) is 20.2. The van der Waals surface area contributed by atoms with Crippen LogP contribution in [0.4, 0.5) is 0 Å². The lowest BCUT2D eigenvalue weighted by molar-refractivity contribution is -0.142. The van der Waals surface area contributed by atoms with Crippen LogP contribution in [0.15, 0.2) is 9.98 Å². The molecule has 0 aromatic heterocycles. The van der Waals surface area contributed by atoms with Gasteiger partial charge in [-0.15, -0.1) is 0 Å². The minimum absolute atomic E-state index is 0.0395. The molecular formula is C84H154N16O20. The van der Waals surface area contributed by atoms with Gasteiger partial charge < -0.3 is 107 Å². The predicted molar refractivity (Wildman–Crippen MR) is 459 cm³/mol. The average Bonchev–Trinajstić information content (AvgIpc) is 0.844. The molecule has 0 bridgehead atoms. The molecule has 0 aliphatic rings. The second-order valence-corrected chi connectivity index (χ2v) is 33.5. The van der Waals surface area contributed by atoms with Crippen LogP contribution in [0.5, 0.6) is 0 Å². The predicted octanol–water partition coefficient (Wildman–Crippen LogP) is 2.76. The lowest BCUT2D eigenvalue weighted by atomic mass is 9.86. The summed E-state index contributed by atoms with van der Waals surface area (Å²) < 4.78 is 0. The molecule has 0 radical (unpaired) electrons. The third-order valence-electron chi connectivity index (χ3n) is 20.0. The first-order valence-electron chi connectivity index (χ1n) is 43.3. The van der Waals surface area contributed by atoms with Crippen molar-refractivity contribution in [1.82, 2.24) is 42.5 Å². The summed E-state index contributed by atoms with van der Waals surface area (Å²) in [6, 6.07) is -9.14. The van der Waals surface area contributed by atoms with Crippen molar-refractivity contribution in [1.29, 1.82) is 0 Å². The van der Waals surface area contributed by atoms with Crippen molar-refractivity contribution < 1.29 is 97.5 Å². The highest BCUT2D eigenvalue weighted by Gasteiger charge is 2.38. The summed E-state index contributed by atoms with van der Waals surface area (Å²) >= 11 is 0. The Labute approximate surface area is 711 Å². The Morgan fingerprint density at radius 2 is 0.758 bits per heavy atom. The van der Waals surface area contributed by atoms with Gasteiger partial charge in [-0.05, 0) is 122 Å². The monoisotopic (exact) mass is 1710 g/mol. The number of guanidine groups is 2. The van der Waals surface area contributed by atoms with Gasteiger partial charge in [-0.3, -0.25) is 77.1 Å². The fraction of sp³-hybridized carbons (Fsp3) is 0.798. The normalized spacial score (nSPS) is 14.5. The maximum absolute atomic E-state index is 14.0. The fourth-order valence-electron chi connectivity index (χ4n) is 13.4. The molecule has 0 unspecified atom stereocenters. The molecule has 25 N–H and O–H groups in total. The maximum Gasteiger partial charge on any atom is 0.305 e. The van der Waals surface area contributed by atoms with Gasteiger partial charge in [0.15, 0.2) is 35.1 Å². The summed E-state index contributed by atoms with van der Waals surface area (Å²) in [5, 5.41) is 69.6. The first-order valence-corrected chi connectivity index (χ1v) is 43.3. The van der Waals surface area contributed by atoms with E-state index in [-0.39, 0.29) is 144 Å². The van der Waals surface area contributed by atoms with Gasteiger partial charge in [-0.1, -0.05) is 146 Å². The molecule has 0 fully saturated rings. The SMILES string of the molecule is CC(=O)C[C@@H](CCCN=C(N)N)C(=O)N[C@@H](CC(C)C)C(=O)C[C@@H](CC(C)C)C(=O)N[C@H](C(=O)C[C@@H](CCCCN)C(=O)N[C@@H](CC(C)C)C(=O)CCC(=O)N[C@@H](CO)C(N)=O)[C@@H](C)O.CCCCCCCCCCCCCCCC(=O)N[C@@H](CCCN=C(N)N)C(=O)C[C@@H](CO)C(=O)N[C@@H](CC(=O)O)C(=O)N[C@@H](CC(C)C)C(=O)N[C@H](C)CO. The van der Waals surface area contributed by atoms with Crippen LogP contribution < -0.4 is 76.9 Å². The number of nitrogens with zero attached hydrogens (tertiary/aromatic N) is 2. The van der Waals surface area contributed by atoms with E-state index in [1.54, 1.807) is 6.92 Å². The van der Waals surface area contributed by atoms with Crippen LogP contribution >= 0.6 is 0 Å². The van der Waals surface area contributed by atoms with Gasteiger partial charge in [0.25, 0.3) is 0 Å². The fourth-order valence-corrected chi connectivity index (χ4v) is 13.4. The Bertz CT molecular complexity index is 3160. The number of carboxylic acids is 1. The van der Waals surface area contributed by atoms with Gasteiger partial charge >= 0.3 is 5.97 Å². The van der Waals surface area contributed by atoms with Gasteiger partial charge in [0.2, 0.25) is 53.2 Å². The molecule has 0 heterocycles. The third-order valence-corrected chi connectivity index (χ3v) is 20.0. The number of aliphatic hydroxyl groups is 4. The number of carbonyl (C=O) groups excluding carboxylic acids is 14. The van der Waals surface area contributed by atoms with Crippen LogP contribution in [-0.4, -0.2) is 219 Å². The minimum atomic E-state index is -1.64. The summed E-state index contributed by atoms with van der Waals surface area (Å²) in [6.07, 6.45) is 14.4. The number of nitrogens with two attached hydrogens (primary N) is 6. The summed E-state index contributed by atoms with van der Waals surface area (Å²) in [5.41, 5.74) is 32.5. The number of ketones is 5. The van der Waals surface area contributed by atoms with Crippen molar-refractivity contribution in [3.8, 4) is 0 Å². The number of unbranched alkanes of at least 4 members (excludes halogenated alkanes) is 13. The zero-order valence-corrected chi connectivity index (χ0v) is 73.9. The van der Waals surface area contributed by atoms with E-state index < -0.39 is 187 Å². The van der Waals surface area contributed by atoms with E-state index in [2.05, 4.69) is 59.4 Å². The average molecular weight is 1710 g/mol. The number of primary amides is 1. The lowest BCUT2D eigenvalue weighted by Crippen LogP contribution is -2.56. The van der Waals surface area contributed by atoms with Crippen LogP contribution in [0.3, 0.4) is 0 Å². The molecule has 36 heteroatoms. The maximum atomic E-state index is 14.0. The number of Topliss-reactive ketones (excluding diaryl/α,β-unsaturated/α-hetero) is 5. The molecular weight excluding hydrogens is 1550 g/mol. The quantitative estimate of drug-likeness (QED) is 0.0236. The highest BCUT2D eigenvalue weighted by molar-refractivity contribution is 5.99. The molecule has 120 heavy (non-hydrogen) atoms. The van der Waals surface area contributed by atoms with E-state index in [0.717, 1.165) is 19.3 Å². The van der Waals surface area contributed by atoms with Crippen molar-refractivity contribution >= 4 is 100.0 Å². The van der Waals surface area contributed by atoms with E-state index in [1.165, 1.54) is 71.6 Å². The van der Waals surface area contributed by atoms with Crippen LogP contribution in [0, 0.1) is 47.3 Å². The van der Waals surface area contributed by atoms with Gasteiger partial charge in [-0.2, -0.15) is 0 Å². The molecule has 0 aromatic rings. The zero-order valence-electron chi connectivity index (χ0n) is 73.9. The highest BCUT2D eigenvalue weighted by atomic mass is 16.4. The molecule has 0 aromatic carbocycles. The number of carbonyl (C=O) groups is 15. The Kier molecular flexibility index (Phi) is 62.5. The van der Waals surface area contributed by atoms with Gasteiger partial charge in [0.1, 0.15) is 30.0 Å². The number of aliphatic carboxylic acids is 1. The van der Waals surface area contributed by atoms with Gasteiger partial charge in [-0.25, -0.2) is 0 Å². The second kappa shape index (κ2) is 66.1. The molecule has 9 amide bonds. The first-order chi connectivity index (χ1) is 56.5. The molecule has 0 saturated carbocycles. The van der Waals surface area contributed by atoms with Gasteiger partial charge in [0, 0.05) is 81.8 Å². The van der Waals surface area contributed by atoms with E-state index >= 15 is 0 Å². The van der Waals surface area contributed by atoms with Crippen molar-refractivity contribution in [2.75, 3.05) is 39.5 Å². The number of aliphatic imine (C=N–C) groups is 2. The van der Waals surface area contributed by atoms with E-state index in [0.29, 0.717) is 38.6 Å². The summed E-state index contributed by atoms with van der Waals surface area (Å²) in [5.74, 6) is -14.5. The Morgan fingerprint density at radius 1 is 0.350 bits per heavy atom. The highest BCUT2D eigenvalue weighted by Crippen LogP contribution is 2.24. The molecule has 690 valence electrons. The molecule has 0 saturated heterocycles. The molecule has 0 aliphatic heterocycles. The Hall–Kier alpha value is -8.61. The molecule has 0 spiro atoms. The largest absolute Gasteiger partial charge is 0.481 e. The van der Waals surface area contributed by atoms with Crippen molar-refractivity contribution in [3.05, 3.63) is 0 Å². The second-order valence-electron chi connectivity index (χ2n) is 33.5. The van der Waals surface area contributed by atoms with Crippen molar-refractivity contribution in [3.63, 3.8) is 0 Å². The number of rotatable bonds is 70. The Morgan fingerprint density at radius 3 is 1.22 bits per heavy atom. The summed E-state index contributed by atoms with van der Waals surface area (Å²) in [4.78, 5) is 204. The van der Waals surface area contributed by atoms with Crippen LogP contribution in [0.2, 0.25) is 0 Å². The first kappa shape index (κ1) is 113. The molecule has 13 atom stereocenters.